The summed E-state index contributed by atoms with van der Waals surface area (Å²) in [7, 11) is -3.94. The van der Waals surface area contributed by atoms with Crippen LogP contribution >= 0.6 is 23.2 Å². The third kappa shape index (κ3) is 8.26. The summed E-state index contributed by atoms with van der Waals surface area (Å²) >= 11 is 12.3. The number of hydrazone groups is 1. The molecule has 47 heavy (non-hydrogen) atoms. The summed E-state index contributed by atoms with van der Waals surface area (Å²) in [4.78, 5) is 25.7. The number of carbonyl (C=O) groups is 2. The van der Waals surface area contributed by atoms with Crippen molar-refractivity contribution in [2.45, 2.75) is 25.3 Å². The molecule has 0 heterocycles. The second-order valence-electron chi connectivity index (χ2n) is 10.6. The summed E-state index contributed by atoms with van der Waals surface area (Å²) in [6.07, 6.45) is 0. The molecule has 0 aliphatic carbocycles. The maximum Gasteiger partial charge on any atom is 0.271 e. The molecule has 0 spiro atoms. The van der Waals surface area contributed by atoms with Crippen LogP contribution in [0.2, 0.25) is 10.0 Å². The predicted octanol–water partition coefficient (Wildman–Crippen LogP) is 8.10. The van der Waals surface area contributed by atoms with Crippen molar-refractivity contribution in [2.75, 3.05) is 9.62 Å². The Labute approximate surface area is 283 Å². The zero-order valence-corrected chi connectivity index (χ0v) is 27.8. The molecule has 2 N–H and O–H groups in total. The SMILES string of the molecule is C/C(=N/NC(=O)c1ccc(CN(c2cc(Cl)ccc2C)S(=O)(=O)c2ccccc2)cc1)c1cccc(NC(=O)c2cccc(Cl)c2)c1. The van der Waals surface area contributed by atoms with Crippen molar-refractivity contribution < 1.29 is 18.0 Å². The Kier molecular flexibility index (Phi) is 10.4. The predicted molar refractivity (Wildman–Crippen MR) is 188 cm³/mol. The zero-order valence-electron chi connectivity index (χ0n) is 25.4. The molecule has 0 saturated carbocycles. The highest BCUT2D eigenvalue weighted by Crippen LogP contribution is 2.31. The van der Waals surface area contributed by atoms with Gasteiger partial charge in [-0.15, -0.1) is 0 Å². The maximum atomic E-state index is 13.8. The van der Waals surface area contributed by atoms with Crippen molar-refractivity contribution >= 4 is 62.1 Å². The second kappa shape index (κ2) is 14.6. The molecule has 238 valence electrons. The fourth-order valence-corrected chi connectivity index (χ4v) is 6.60. The van der Waals surface area contributed by atoms with Gasteiger partial charge >= 0.3 is 0 Å². The average molecular weight is 686 g/mol. The van der Waals surface area contributed by atoms with Crippen molar-refractivity contribution in [3.8, 4) is 0 Å². The minimum atomic E-state index is -3.94. The Hall–Kier alpha value is -4.96. The van der Waals surface area contributed by atoms with Gasteiger partial charge in [-0.25, -0.2) is 13.8 Å². The fraction of sp³-hybridized carbons (Fsp3) is 0.0833. The van der Waals surface area contributed by atoms with Gasteiger partial charge in [-0.2, -0.15) is 5.10 Å². The van der Waals surface area contributed by atoms with E-state index in [1.54, 1.807) is 122 Å². The van der Waals surface area contributed by atoms with Crippen molar-refractivity contribution in [3.05, 3.63) is 159 Å². The van der Waals surface area contributed by atoms with Gasteiger partial charge in [-0.3, -0.25) is 13.9 Å². The van der Waals surface area contributed by atoms with Crippen LogP contribution in [0.5, 0.6) is 0 Å². The molecule has 0 saturated heterocycles. The molecule has 5 aromatic rings. The molecular weight excluding hydrogens is 655 g/mol. The summed E-state index contributed by atoms with van der Waals surface area (Å²) in [6, 6.07) is 33.6. The van der Waals surface area contributed by atoms with Crippen LogP contribution < -0.4 is 15.0 Å². The number of carbonyl (C=O) groups excluding carboxylic acids is 2. The Bertz CT molecular complexity index is 2070. The number of nitrogens with one attached hydrogen (secondary N) is 2. The average Bonchev–Trinajstić information content (AvgIpc) is 3.08. The van der Waals surface area contributed by atoms with Crippen LogP contribution in [0.1, 0.15) is 44.3 Å². The van der Waals surface area contributed by atoms with Crippen LogP contribution in [0.15, 0.2) is 131 Å². The minimum Gasteiger partial charge on any atom is -0.322 e. The van der Waals surface area contributed by atoms with Crippen LogP contribution in [0.25, 0.3) is 0 Å². The van der Waals surface area contributed by atoms with Crippen LogP contribution in [0.3, 0.4) is 0 Å². The van der Waals surface area contributed by atoms with Crippen LogP contribution in [0, 0.1) is 6.92 Å². The first-order chi connectivity index (χ1) is 22.5. The lowest BCUT2D eigenvalue weighted by Crippen LogP contribution is -2.31. The van der Waals surface area contributed by atoms with Gasteiger partial charge in [0.2, 0.25) is 0 Å². The minimum absolute atomic E-state index is 0.0156. The first-order valence-corrected chi connectivity index (χ1v) is 16.7. The molecule has 0 bridgehead atoms. The molecule has 0 aromatic heterocycles. The largest absolute Gasteiger partial charge is 0.322 e. The topological polar surface area (TPSA) is 108 Å². The molecule has 0 aliphatic rings. The van der Waals surface area contributed by atoms with Gasteiger partial charge in [0.1, 0.15) is 0 Å². The summed E-state index contributed by atoms with van der Waals surface area (Å²) in [5.74, 6) is -0.750. The number of sulfonamides is 1. The van der Waals surface area contributed by atoms with Crippen LogP contribution in [0.4, 0.5) is 11.4 Å². The number of amides is 2. The number of benzene rings is 5. The molecule has 2 amide bonds. The second-order valence-corrected chi connectivity index (χ2v) is 13.4. The highest BCUT2D eigenvalue weighted by Gasteiger charge is 2.26. The van der Waals surface area contributed by atoms with E-state index in [1.807, 2.05) is 13.0 Å². The smallest absolute Gasteiger partial charge is 0.271 e. The Morgan fingerprint density at radius 1 is 0.723 bits per heavy atom. The molecule has 0 fully saturated rings. The molecular formula is C36H30Cl2N4O4S. The van der Waals surface area contributed by atoms with Gasteiger partial charge in [-0.1, -0.05) is 77.8 Å². The van der Waals surface area contributed by atoms with Gasteiger partial charge in [0.05, 0.1) is 22.8 Å². The Morgan fingerprint density at radius 3 is 2.13 bits per heavy atom. The summed E-state index contributed by atoms with van der Waals surface area (Å²) in [5, 5.41) is 7.96. The zero-order chi connectivity index (χ0) is 33.6. The lowest BCUT2D eigenvalue weighted by atomic mass is 10.1. The standard InChI is InChI=1S/C36H30Cl2N4O4S/c1-24-14-19-31(38)22-34(24)42(47(45,46)33-12-4-3-5-13-33)23-26-15-17-27(18-16-26)36(44)41-40-25(2)28-8-7-11-32(21-28)39-35(43)29-9-6-10-30(37)20-29/h3-22H,23H2,1-2H3,(H,39,43)(H,41,44)/b40-25-. The number of hydrogen-bond donors (Lipinski definition) is 2. The van der Waals surface area contributed by atoms with E-state index in [9.17, 15) is 18.0 Å². The van der Waals surface area contributed by atoms with E-state index < -0.39 is 15.9 Å². The number of hydrogen-bond acceptors (Lipinski definition) is 5. The first kappa shape index (κ1) is 33.4. The van der Waals surface area contributed by atoms with E-state index in [2.05, 4.69) is 15.8 Å². The van der Waals surface area contributed by atoms with Gasteiger partial charge in [0, 0.05) is 26.9 Å². The molecule has 0 atom stereocenters. The number of nitrogens with zero attached hydrogens (tertiary/aromatic N) is 2. The third-order valence-electron chi connectivity index (χ3n) is 7.26. The highest BCUT2D eigenvalue weighted by atomic mass is 35.5. The molecule has 0 aliphatic heterocycles. The normalized spacial score (nSPS) is 11.5. The molecule has 11 heteroatoms. The molecule has 0 unspecified atom stereocenters. The number of aryl methyl sites for hydroxylation is 1. The van der Waals surface area contributed by atoms with E-state index in [0.717, 1.165) is 5.56 Å². The molecule has 8 nitrogen and oxygen atoms in total. The lowest BCUT2D eigenvalue weighted by molar-refractivity contribution is 0.0954. The van der Waals surface area contributed by atoms with Gasteiger partial charge in [0.25, 0.3) is 21.8 Å². The summed E-state index contributed by atoms with van der Waals surface area (Å²) in [6.45, 7) is 3.57. The van der Waals surface area contributed by atoms with Crippen molar-refractivity contribution in [1.82, 2.24) is 5.43 Å². The maximum absolute atomic E-state index is 13.8. The van der Waals surface area contributed by atoms with Crippen molar-refractivity contribution in [2.24, 2.45) is 5.10 Å². The monoisotopic (exact) mass is 684 g/mol. The number of anilines is 2. The van der Waals surface area contributed by atoms with Crippen molar-refractivity contribution in [1.29, 1.82) is 0 Å². The summed E-state index contributed by atoms with van der Waals surface area (Å²) < 4.78 is 28.9. The first-order valence-electron chi connectivity index (χ1n) is 14.5. The summed E-state index contributed by atoms with van der Waals surface area (Å²) in [5.41, 5.74) is 6.96. The van der Waals surface area contributed by atoms with E-state index in [0.29, 0.717) is 49.4 Å². The Balaban J connectivity index is 1.29. The van der Waals surface area contributed by atoms with E-state index in [-0.39, 0.29) is 17.3 Å². The Morgan fingerprint density at radius 2 is 1.40 bits per heavy atom. The van der Waals surface area contributed by atoms with Gasteiger partial charge in [-0.05, 0) is 97.3 Å². The lowest BCUT2D eigenvalue weighted by Gasteiger charge is -2.26. The van der Waals surface area contributed by atoms with Gasteiger partial charge < -0.3 is 5.32 Å². The van der Waals surface area contributed by atoms with Crippen molar-refractivity contribution in [3.63, 3.8) is 0 Å². The third-order valence-corrected chi connectivity index (χ3v) is 9.51. The number of rotatable bonds is 10. The fourth-order valence-electron chi connectivity index (χ4n) is 4.72. The number of halogens is 2. The molecule has 5 rings (SSSR count). The molecule has 0 radical (unpaired) electrons. The molecule has 5 aromatic carbocycles. The van der Waals surface area contributed by atoms with E-state index in [1.165, 1.54) is 4.31 Å². The van der Waals surface area contributed by atoms with Crippen LogP contribution in [-0.4, -0.2) is 25.9 Å². The van der Waals surface area contributed by atoms with Crippen LogP contribution in [-0.2, 0) is 16.6 Å². The van der Waals surface area contributed by atoms with E-state index >= 15 is 0 Å². The highest BCUT2D eigenvalue weighted by molar-refractivity contribution is 7.92. The van der Waals surface area contributed by atoms with Gasteiger partial charge in [0.15, 0.2) is 0 Å². The quantitative estimate of drug-likeness (QED) is 0.114. The van der Waals surface area contributed by atoms with E-state index in [4.69, 9.17) is 23.2 Å².